The van der Waals surface area contributed by atoms with Gasteiger partial charge in [0.15, 0.2) is 5.82 Å². The number of rotatable bonds is 4. The Hall–Kier alpha value is -1.40. The van der Waals surface area contributed by atoms with E-state index in [-0.39, 0.29) is 12.1 Å². The zero-order chi connectivity index (χ0) is 14.7. The second-order valence-electron chi connectivity index (χ2n) is 5.76. The molecule has 3 heterocycles. The van der Waals surface area contributed by atoms with Crippen LogP contribution < -0.4 is 15.4 Å². The van der Waals surface area contributed by atoms with Crippen molar-refractivity contribution >= 4 is 5.82 Å². The first-order chi connectivity index (χ1) is 10.3. The molecule has 0 bridgehead atoms. The number of piperidine rings is 1. The van der Waals surface area contributed by atoms with E-state index >= 15 is 0 Å². The van der Waals surface area contributed by atoms with Crippen LogP contribution in [0.2, 0.25) is 0 Å². The summed E-state index contributed by atoms with van der Waals surface area (Å²) in [6, 6.07) is 0.211. The minimum absolute atomic E-state index is 0.211. The van der Waals surface area contributed by atoms with Crippen LogP contribution in [-0.2, 0) is 4.74 Å². The maximum atomic E-state index is 6.13. The molecule has 0 amide bonds. The minimum Gasteiger partial charge on any atom is -0.477 e. The van der Waals surface area contributed by atoms with Gasteiger partial charge in [-0.3, -0.25) is 4.98 Å². The van der Waals surface area contributed by atoms with E-state index in [0.29, 0.717) is 18.4 Å². The van der Waals surface area contributed by atoms with Crippen molar-refractivity contribution in [2.24, 2.45) is 11.7 Å². The third-order valence-electron chi connectivity index (χ3n) is 4.40. The highest BCUT2D eigenvalue weighted by atomic mass is 16.5. The Morgan fingerprint density at radius 1 is 1.33 bits per heavy atom. The fourth-order valence-corrected chi connectivity index (χ4v) is 3.28. The second-order valence-corrected chi connectivity index (χ2v) is 5.76. The topological polar surface area (TPSA) is 73.5 Å². The monoisotopic (exact) mass is 292 g/mol. The van der Waals surface area contributed by atoms with Crippen LogP contribution in [0.4, 0.5) is 5.82 Å². The van der Waals surface area contributed by atoms with E-state index in [9.17, 15) is 0 Å². The largest absolute Gasteiger partial charge is 0.477 e. The molecule has 2 fully saturated rings. The van der Waals surface area contributed by atoms with Crippen LogP contribution in [0, 0.1) is 5.92 Å². The lowest BCUT2D eigenvalue weighted by atomic mass is 9.88. The van der Waals surface area contributed by atoms with E-state index < -0.39 is 0 Å². The maximum absolute atomic E-state index is 6.13. The molecule has 0 unspecified atom stereocenters. The molecule has 0 saturated carbocycles. The Labute approximate surface area is 125 Å². The summed E-state index contributed by atoms with van der Waals surface area (Å²) in [6.45, 7) is 5.32. The normalized spacial score (nSPS) is 27.0. The summed E-state index contributed by atoms with van der Waals surface area (Å²) < 4.78 is 11.2. The van der Waals surface area contributed by atoms with Crippen LogP contribution >= 0.6 is 0 Å². The van der Waals surface area contributed by atoms with Gasteiger partial charge in [0.2, 0.25) is 5.88 Å². The molecule has 6 nitrogen and oxygen atoms in total. The average molecular weight is 292 g/mol. The summed E-state index contributed by atoms with van der Waals surface area (Å²) in [6.07, 6.45) is 6.89. The minimum atomic E-state index is 0.211. The number of hydrogen-bond acceptors (Lipinski definition) is 6. The first-order valence-corrected chi connectivity index (χ1v) is 7.85. The predicted molar refractivity (Wildman–Crippen MR) is 80.5 cm³/mol. The van der Waals surface area contributed by atoms with Gasteiger partial charge in [-0.2, -0.15) is 4.98 Å². The van der Waals surface area contributed by atoms with Crippen molar-refractivity contribution in [1.82, 2.24) is 9.97 Å². The molecule has 21 heavy (non-hydrogen) atoms. The Bertz CT molecular complexity index is 463. The van der Waals surface area contributed by atoms with Crippen LogP contribution in [0.15, 0.2) is 12.4 Å². The Kier molecular flexibility index (Phi) is 4.55. The van der Waals surface area contributed by atoms with E-state index in [1.54, 1.807) is 12.4 Å². The SMILES string of the molecule is CCOc1cncc(N2CCC([C@@H]3OCC[C@H]3N)CC2)n1. The van der Waals surface area contributed by atoms with Crippen molar-refractivity contribution in [1.29, 1.82) is 0 Å². The van der Waals surface area contributed by atoms with Gasteiger partial charge < -0.3 is 20.1 Å². The second kappa shape index (κ2) is 6.58. The van der Waals surface area contributed by atoms with Gasteiger partial charge in [-0.1, -0.05) is 0 Å². The molecule has 0 aromatic carbocycles. The fourth-order valence-electron chi connectivity index (χ4n) is 3.28. The molecule has 1 aromatic heterocycles. The Morgan fingerprint density at radius 2 is 2.14 bits per heavy atom. The molecule has 3 rings (SSSR count). The van der Waals surface area contributed by atoms with Gasteiger partial charge in [-0.15, -0.1) is 0 Å². The van der Waals surface area contributed by atoms with Gasteiger partial charge in [-0.05, 0) is 32.1 Å². The summed E-state index contributed by atoms with van der Waals surface area (Å²) in [4.78, 5) is 11.0. The van der Waals surface area contributed by atoms with Crippen molar-refractivity contribution in [2.45, 2.75) is 38.3 Å². The molecular weight excluding hydrogens is 268 g/mol. The van der Waals surface area contributed by atoms with Crippen LogP contribution in [0.5, 0.6) is 5.88 Å². The lowest BCUT2D eigenvalue weighted by molar-refractivity contribution is 0.0461. The van der Waals surface area contributed by atoms with E-state index in [0.717, 1.165) is 44.8 Å². The lowest BCUT2D eigenvalue weighted by Gasteiger charge is -2.36. The first-order valence-electron chi connectivity index (χ1n) is 7.85. The van der Waals surface area contributed by atoms with Crippen molar-refractivity contribution in [3.63, 3.8) is 0 Å². The number of aromatic nitrogens is 2. The molecule has 0 radical (unpaired) electrons. The van der Waals surface area contributed by atoms with Crippen LogP contribution in [0.3, 0.4) is 0 Å². The van der Waals surface area contributed by atoms with Crippen molar-refractivity contribution in [3.05, 3.63) is 12.4 Å². The predicted octanol–water partition coefficient (Wildman–Crippen LogP) is 1.21. The summed E-state index contributed by atoms with van der Waals surface area (Å²) in [7, 11) is 0. The van der Waals surface area contributed by atoms with E-state index in [1.165, 1.54) is 0 Å². The first kappa shape index (κ1) is 14.5. The third-order valence-corrected chi connectivity index (χ3v) is 4.40. The van der Waals surface area contributed by atoms with Gasteiger partial charge in [0.1, 0.15) is 0 Å². The van der Waals surface area contributed by atoms with Crippen molar-refractivity contribution < 1.29 is 9.47 Å². The maximum Gasteiger partial charge on any atom is 0.234 e. The number of ether oxygens (including phenoxy) is 2. The zero-order valence-electron chi connectivity index (χ0n) is 12.6. The van der Waals surface area contributed by atoms with Gasteiger partial charge in [0.25, 0.3) is 0 Å². The molecule has 2 aliphatic rings. The molecule has 2 saturated heterocycles. The summed E-state index contributed by atoms with van der Waals surface area (Å²) in [5.41, 5.74) is 6.13. The number of anilines is 1. The summed E-state index contributed by atoms with van der Waals surface area (Å²) >= 11 is 0. The van der Waals surface area contributed by atoms with Gasteiger partial charge in [0, 0.05) is 25.7 Å². The lowest BCUT2D eigenvalue weighted by Crippen LogP contribution is -2.43. The highest BCUT2D eigenvalue weighted by Crippen LogP contribution is 2.30. The van der Waals surface area contributed by atoms with E-state index in [1.807, 2.05) is 6.92 Å². The van der Waals surface area contributed by atoms with Crippen molar-refractivity contribution in [3.8, 4) is 5.88 Å². The highest BCUT2D eigenvalue weighted by Gasteiger charge is 2.34. The number of nitrogens with two attached hydrogens (primary N) is 1. The average Bonchev–Trinajstić information content (AvgIpc) is 2.94. The van der Waals surface area contributed by atoms with Gasteiger partial charge in [0.05, 0.1) is 25.1 Å². The molecule has 116 valence electrons. The van der Waals surface area contributed by atoms with Gasteiger partial charge in [-0.25, -0.2) is 0 Å². The highest BCUT2D eigenvalue weighted by molar-refractivity contribution is 5.38. The molecule has 2 aliphatic heterocycles. The van der Waals surface area contributed by atoms with E-state index in [2.05, 4.69) is 14.9 Å². The van der Waals surface area contributed by atoms with E-state index in [4.69, 9.17) is 15.2 Å². The summed E-state index contributed by atoms with van der Waals surface area (Å²) in [5.74, 6) is 2.07. The number of hydrogen-bond donors (Lipinski definition) is 1. The molecule has 0 spiro atoms. The molecule has 2 atom stereocenters. The van der Waals surface area contributed by atoms with Crippen LogP contribution in [-0.4, -0.2) is 48.4 Å². The molecule has 2 N–H and O–H groups in total. The molecule has 0 aliphatic carbocycles. The smallest absolute Gasteiger partial charge is 0.234 e. The Balaban J connectivity index is 1.59. The molecule has 1 aromatic rings. The quantitative estimate of drug-likeness (QED) is 0.899. The van der Waals surface area contributed by atoms with Crippen LogP contribution in [0.25, 0.3) is 0 Å². The standard InChI is InChI=1S/C15H24N4O2/c1-2-20-14-10-17-9-13(18-14)19-6-3-11(4-7-19)15-12(16)5-8-21-15/h9-12,15H,2-8,16H2,1H3/t12-,15+/m1/s1. The third kappa shape index (κ3) is 3.27. The number of nitrogens with zero attached hydrogens (tertiary/aromatic N) is 3. The zero-order valence-corrected chi connectivity index (χ0v) is 12.6. The fraction of sp³-hybridized carbons (Fsp3) is 0.733. The van der Waals surface area contributed by atoms with Crippen LogP contribution in [0.1, 0.15) is 26.2 Å². The van der Waals surface area contributed by atoms with Gasteiger partial charge >= 0.3 is 0 Å². The summed E-state index contributed by atoms with van der Waals surface area (Å²) in [5, 5.41) is 0. The Morgan fingerprint density at radius 3 is 2.81 bits per heavy atom. The van der Waals surface area contributed by atoms with Crippen molar-refractivity contribution in [2.75, 3.05) is 31.2 Å². The molecule has 6 heteroatoms. The molecular formula is C15H24N4O2.